The highest BCUT2D eigenvalue weighted by atomic mass is 32.2. The summed E-state index contributed by atoms with van der Waals surface area (Å²) in [4.78, 5) is 12.6. The van der Waals surface area contributed by atoms with Gasteiger partial charge in [0.15, 0.2) is 0 Å². The minimum Gasteiger partial charge on any atom is -0.387 e. The third-order valence-electron chi connectivity index (χ3n) is 10.7. The second kappa shape index (κ2) is 40.7. The van der Waals surface area contributed by atoms with E-state index in [-0.39, 0.29) is 6.42 Å². The van der Waals surface area contributed by atoms with Crippen LogP contribution in [-0.2, 0) is 14.9 Å². The highest BCUT2D eigenvalue weighted by molar-refractivity contribution is 7.85. The molecule has 7 nitrogen and oxygen atoms in total. The van der Waals surface area contributed by atoms with Crippen LogP contribution < -0.4 is 5.32 Å². The number of allylic oxidation sites excluding steroid dienone is 5. The van der Waals surface area contributed by atoms with Crippen molar-refractivity contribution in [3.63, 3.8) is 0 Å². The van der Waals surface area contributed by atoms with Crippen molar-refractivity contribution < 1.29 is 28.0 Å². The maximum Gasteiger partial charge on any atom is 0.267 e. The number of rotatable bonds is 42. The Morgan fingerprint density at radius 2 is 0.818 bits per heavy atom. The lowest BCUT2D eigenvalue weighted by Gasteiger charge is -2.22. The molecule has 0 aliphatic rings. The maximum absolute atomic E-state index is 12.6. The number of amides is 1. The highest BCUT2D eigenvalue weighted by Gasteiger charge is 2.27. The predicted molar refractivity (Wildman–Crippen MR) is 236 cm³/mol. The zero-order valence-corrected chi connectivity index (χ0v) is 36.7. The summed E-state index contributed by atoms with van der Waals surface area (Å²) in [5.41, 5.74) is 0. The molecule has 0 aliphatic heterocycles. The average Bonchev–Trinajstić information content (AvgIpc) is 3.15. The van der Waals surface area contributed by atoms with Gasteiger partial charge in [-0.25, -0.2) is 0 Å². The molecule has 3 unspecified atom stereocenters. The first-order chi connectivity index (χ1) is 26.7. The van der Waals surface area contributed by atoms with Gasteiger partial charge in [-0.05, 0) is 44.9 Å². The van der Waals surface area contributed by atoms with E-state index in [2.05, 4.69) is 43.5 Å². The van der Waals surface area contributed by atoms with E-state index in [1.165, 1.54) is 160 Å². The van der Waals surface area contributed by atoms with Crippen molar-refractivity contribution in [2.75, 3.05) is 5.75 Å². The van der Waals surface area contributed by atoms with Gasteiger partial charge < -0.3 is 15.5 Å². The van der Waals surface area contributed by atoms with Gasteiger partial charge in [-0.2, -0.15) is 8.42 Å². The summed E-state index contributed by atoms with van der Waals surface area (Å²) in [6.07, 6.45) is 50.7. The molecule has 1 amide bonds. The second-order valence-corrected chi connectivity index (χ2v) is 17.7. The number of nitrogens with one attached hydrogen (secondary N) is 1. The minimum absolute atomic E-state index is 0.275. The van der Waals surface area contributed by atoms with Crippen LogP contribution in [0.1, 0.15) is 232 Å². The van der Waals surface area contributed by atoms with Gasteiger partial charge >= 0.3 is 0 Å². The van der Waals surface area contributed by atoms with Crippen LogP contribution in [0.4, 0.5) is 0 Å². The number of carbonyl (C=O) groups is 1. The van der Waals surface area contributed by atoms with E-state index in [0.717, 1.165) is 44.9 Å². The summed E-state index contributed by atoms with van der Waals surface area (Å²) in [6, 6.07) is -1.25. The normalized spacial score (nSPS) is 14.1. The molecule has 0 bridgehead atoms. The Morgan fingerprint density at radius 1 is 0.491 bits per heavy atom. The van der Waals surface area contributed by atoms with Crippen molar-refractivity contribution in [2.45, 2.75) is 250 Å². The van der Waals surface area contributed by atoms with Crippen LogP contribution in [0.25, 0.3) is 0 Å². The summed E-state index contributed by atoms with van der Waals surface area (Å²) in [5.74, 6) is -1.56. The third kappa shape index (κ3) is 40.5. The molecule has 8 heteroatoms. The first-order valence-electron chi connectivity index (χ1n) is 23.3. The van der Waals surface area contributed by atoms with Crippen LogP contribution in [0.3, 0.4) is 0 Å². The van der Waals surface area contributed by atoms with E-state index >= 15 is 0 Å². The largest absolute Gasteiger partial charge is 0.387 e. The molecule has 0 heterocycles. The first-order valence-corrected chi connectivity index (χ1v) is 24.9. The van der Waals surface area contributed by atoms with Crippen LogP contribution in [0.15, 0.2) is 36.5 Å². The summed E-state index contributed by atoms with van der Waals surface area (Å²) in [6.45, 7) is 4.52. The molecular formula is C47H89NO6S. The van der Waals surface area contributed by atoms with Crippen molar-refractivity contribution >= 4 is 16.0 Å². The maximum atomic E-state index is 12.6. The molecule has 55 heavy (non-hydrogen) atoms. The number of hydrogen-bond acceptors (Lipinski definition) is 5. The van der Waals surface area contributed by atoms with Crippen LogP contribution in [0.5, 0.6) is 0 Å². The van der Waals surface area contributed by atoms with Gasteiger partial charge in [-0.3, -0.25) is 9.35 Å². The van der Waals surface area contributed by atoms with E-state index in [0.29, 0.717) is 12.8 Å². The Balaban J connectivity index is 3.98. The molecule has 0 saturated carbocycles. The molecule has 0 saturated heterocycles. The fourth-order valence-electron chi connectivity index (χ4n) is 7.08. The van der Waals surface area contributed by atoms with Crippen molar-refractivity contribution in [1.29, 1.82) is 0 Å². The Morgan fingerprint density at radius 3 is 1.20 bits per heavy atom. The van der Waals surface area contributed by atoms with Gasteiger partial charge in [0, 0.05) is 0 Å². The topological polar surface area (TPSA) is 124 Å². The Hall–Kier alpha value is -1.48. The molecule has 0 aromatic heterocycles. The van der Waals surface area contributed by atoms with E-state index in [1.54, 1.807) is 6.08 Å². The second-order valence-electron chi connectivity index (χ2n) is 16.2. The highest BCUT2D eigenvalue weighted by Crippen LogP contribution is 2.16. The summed E-state index contributed by atoms with van der Waals surface area (Å²) in [5, 5.41) is 23.4. The lowest BCUT2D eigenvalue weighted by Crippen LogP contribution is -2.50. The first kappa shape index (κ1) is 53.5. The fourth-order valence-corrected chi connectivity index (χ4v) is 7.81. The Kier molecular flexibility index (Phi) is 39.6. The van der Waals surface area contributed by atoms with Crippen LogP contribution in [-0.4, -0.2) is 53.1 Å². The molecule has 0 aromatic rings. The van der Waals surface area contributed by atoms with E-state index in [9.17, 15) is 28.0 Å². The molecule has 0 fully saturated rings. The standard InChI is InChI=1S/C47H89NO6S/c1-3-5-7-9-11-13-15-17-19-21-22-23-24-26-28-30-32-34-36-38-40-42-46(50)47(51)48-44(43-55(52,53)54)45(49)41-39-37-35-33-31-29-27-25-20-18-16-14-12-10-8-6-4-2/h20,25,31,33,39,41,44-46,49-50H,3-19,21-24,26-30,32,34-38,40,42-43H2,1-2H3,(H,48,51)(H,52,53,54)/b25-20+,33-31+,41-39+. The van der Waals surface area contributed by atoms with E-state index in [4.69, 9.17) is 0 Å². The average molecular weight is 796 g/mol. The summed E-state index contributed by atoms with van der Waals surface area (Å²) < 4.78 is 32.6. The summed E-state index contributed by atoms with van der Waals surface area (Å²) >= 11 is 0. The molecule has 0 aromatic carbocycles. The van der Waals surface area contributed by atoms with E-state index < -0.39 is 40.0 Å². The minimum atomic E-state index is -4.46. The smallest absolute Gasteiger partial charge is 0.267 e. The SMILES string of the molecule is CCCCCCCCC/C=C/CC/C=C/CC/C=C/C(O)C(CS(=O)(=O)O)NC(=O)C(O)CCCCCCCCCCCCCCCCCCCCCCC. The zero-order valence-electron chi connectivity index (χ0n) is 35.9. The quantitative estimate of drug-likeness (QED) is 0.0277. The molecular weight excluding hydrogens is 707 g/mol. The monoisotopic (exact) mass is 796 g/mol. The van der Waals surface area contributed by atoms with Crippen LogP contribution in [0.2, 0.25) is 0 Å². The number of hydrogen-bond donors (Lipinski definition) is 4. The van der Waals surface area contributed by atoms with Crippen molar-refractivity contribution in [3.8, 4) is 0 Å². The van der Waals surface area contributed by atoms with Gasteiger partial charge in [0.05, 0.1) is 17.9 Å². The lowest BCUT2D eigenvalue weighted by atomic mass is 10.0. The molecule has 324 valence electrons. The van der Waals surface area contributed by atoms with Gasteiger partial charge in [-0.1, -0.05) is 224 Å². The van der Waals surface area contributed by atoms with Crippen molar-refractivity contribution in [3.05, 3.63) is 36.5 Å². The molecule has 3 atom stereocenters. The number of unbranched alkanes of at least 4 members (excludes halogenated alkanes) is 29. The molecule has 4 N–H and O–H groups in total. The number of aliphatic hydroxyl groups excluding tert-OH is 2. The third-order valence-corrected chi connectivity index (χ3v) is 11.4. The van der Waals surface area contributed by atoms with Gasteiger partial charge in [-0.15, -0.1) is 0 Å². The zero-order chi connectivity index (χ0) is 40.5. The van der Waals surface area contributed by atoms with Gasteiger partial charge in [0.2, 0.25) is 5.91 Å². The fraction of sp³-hybridized carbons (Fsp3) is 0.851. The molecule has 0 rings (SSSR count). The van der Waals surface area contributed by atoms with Crippen LogP contribution in [0, 0.1) is 0 Å². The van der Waals surface area contributed by atoms with Crippen molar-refractivity contribution in [2.24, 2.45) is 0 Å². The Labute approximate surface area is 340 Å². The van der Waals surface area contributed by atoms with Gasteiger partial charge in [0.25, 0.3) is 10.1 Å². The lowest BCUT2D eigenvalue weighted by molar-refractivity contribution is -0.130. The molecule has 0 radical (unpaired) electrons. The van der Waals surface area contributed by atoms with Gasteiger partial charge in [0.1, 0.15) is 6.10 Å². The number of aliphatic hydroxyl groups is 2. The number of carbonyl (C=O) groups excluding carboxylic acids is 1. The molecule has 0 spiro atoms. The van der Waals surface area contributed by atoms with E-state index in [1.807, 2.05) is 0 Å². The molecule has 0 aliphatic carbocycles. The predicted octanol–water partition coefficient (Wildman–Crippen LogP) is 13.1. The Bertz CT molecular complexity index is 1030. The van der Waals surface area contributed by atoms with Crippen LogP contribution >= 0.6 is 0 Å². The summed E-state index contributed by atoms with van der Waals surface area (Å²) in [7, 11) is -4.46. The van der Waals surface area contributed by atoms with Crippen molar-refractivity contribution in [1.82, 2.24) is 5.32 Å².